The second kappa shape index (κ2) is 21.6. The first-order chi connectivity index (χ1) is 31.0. The molecule has 8 aromatic rings. The average Bonchev–Trinajstić information content (AvgIpc) is 3.33. The molecule has 1 atom stereocenters. The van der Waals surface area contributed by atoms with Crippen LogP contribution in [0.2, 0.25) is 0 Å². The van der Waals surface area contributed by atoms with E-state index in [1.54, 1.807) is 79.9 Å². The molecule has 0 saturated heterocycles. The molecule has 0 fully saturated rings. The molecular formula is C56H50O8. The first kappa shape index (κ1) is 45.4. The van der Waals surface area contributed by atoms with E-state index >= 15 is 0 Å². The summed E-state index contributed by atoms with van der Waals surface area (Å²) in [6.07, 6.45) is -0.739. The molecule has 0 heterocycles. The highest BCUT2D eigenvalue weighted by Gasteiger charge is 2.32. The van der Waals surface area contributed by atoms with Crippen molar-refractivity contribution in [1.82, 2.24) is 0 Å². The van der Waals surface area contributed by atoms with Crippen LogP contribution >= 0.6 is 0 Å². The summed E-state index contributed by atoms with van der Waals surface area (Å²) in [5.41, 5.74) is 6.08. The van der Waals surface area contributed by atoms with E-state index in [0.29, 0.717) is 17.2 Å². The van der Waals surface area contributed by atoms with E-state index in [2.05, 4.69) is 50.2 Å². The lowest BCUT2D eigenvalue weighted by atomic mass is 9.71. The van der Waals surface area contributed by atoms with Gasteiger partial charge in [-0.25, -0.2) is 4.79 Å². The van der Waals surface area contributed by atoms with E-state index in [4.69, 9.17) is 18.9 Å². The molecule has 0 saturated carbocycles. The van der Waals surface area contributed by atoms with E-state index in [-0.39, 0.29) is 28.3 Å². The smallest absolute Gasteiger partial charge is 0.508 e. The number of esters is 1. The Kier molecular flexibility index (Phi) is 15.3. The molecule has 8 rings (SSSR count). The Morgan fingerprint density at radius 3 is 0.938 bits per heavy atom. The molecule has 0 aliphatic carbocycles. The molecular weight excluding hydrogens is 801 g/mol. The number of phenolic OH excluding ortho intramolecular Hbond substituents is 2. The van der Waals surface area contributed by atoms with Crippen LogP contribution < -0.4 is 18.9 Å². The summed E-state index contributed by atoms with van der Waals surface area (Å²) in [6, 6.07) is 68.6. The van der Waals surface area contributed by atoms with Crippen LogP contribution in [0.1, 0.15) is 54.2 Å². The SMILES string of the molecule is CC(c1ccccc1)(c1ccc(O)cc1)c1ccc(O)cc1.COc1ccc(C(C)(c2ccccc2)c2ccc(OC(C)=O)cc2)cc1.O=C(Oc1ccccc1)Oc1ccccc1. The summed E-state index contributed by atoms with van der Waals surface area (Å²) < 4.78 is 20.4. The molecule has 8 aromatic carbocycles. The molecule has 64 heavy (non-hydrogen) atoms. The van der Waals surface area contributed by atoms with E-state index in [1.807, 2.05) is 109 Å². The summed E-state index contributed by atoms with van der Waals surface area (Å²) in [5, 5.41) is 19.1. The van der Waals surface area contributed by atoms with Crippen LogP contribution in [0.25, 0.3) is 0 Å². The molecule has 8 heteroatoms. The number of phenols is 2. The average molecular weight is 851 g/mol. The molecule has 8 nitrogen and oxygen atoms in total. The van der Waals surface area contributed by atoms with Gasteiger partial charge in [-0.1, -0.05) is 146 Å². The number of hydrogen-bond acceptors (Lipinski definition) is 8. The Balaban J connectivity index is 0.000000164. The van der Waals surface area contributed by atoms with Crippen LogP contribution in [0.4, 0.5) is 4.79 Å². The number of hydrogen-bond donors (Lipinski definition) is 2. The lowest BCUT2D eigenvalue weighted by Gasteiger charge is -2.32. The van der Waals surface area contributed by atoms with Gasteiger partial charge >= 0.3 is 12.1 Å². The third-order valence-corrected chi connectivity index (χ3v) is 10.8. The number of methoxy groups -OCH3 is 1. The molecule has 0 radical (unpaired) electrons. The fourth-order valence-electron chi connectivity index (χ4n) is 7.27. The van der Waals surface area contributed by atoms with Crippen molar-refractivity contribution in [2.75, 3.05) is 7.11 Å². The van der Waals surface area contributed by atoms with Crippen molar-refractivity contribution in [2.45, 2.75) is 31.6 Å². The molecule has 0 spiro atoms. The zero-order chi connectivity index (χ0) is 45.4. The van der Waals surface area contributed by atoms with Gasteiger partial charge in [0.2, 0.25) is 0 Å². The summed E-state index contributed by atoms with van der Waals surface area (Å²) in [7, 11) is 1.67. The molecule has 1 unspecified atom stereocenters. The van der Waals surface area contributed by atoms with E-state index in [0.717, 1.165) is 33.6 Å². The maximum absolute atomic E-state index is 11.3. The third kappa shape index (κ3) is 11.6. The largest absolute Gasteiger partial charge is 0.519 e. The summed E-state index contributed by atoms with van der Waals surface area (Å²) in [6.45, 7) is 5.76. The zero-order valence-electron chi connectivity index (χ0n) is 36.1. The number of aromatic hydroxyl groups is 2. The van der Waals surface area contributed by atoms with Gasteiger partial charge in [-0.2, -0.15) is 0 Å². The number of para-hydroxylation sites is 2. The highest BCUT2D eigenvalue weighted by Crippen LogP contribution is 2.41. The van der Waals surface area contributed by atoms with Gasteiger partial charge in [0.1, 0.15) is 34.5 Å². The van der Waals surface area contributed by atoms with Crippen LogP contribution in [-0.4, -0.2) is 29.4 Å². The van der Waals surface area contributed by atoms with E-state index < -0.39 is 6.16 Å². The first-order valence-electron chi connectivity index (χ1n) is 20.6. The van der Waals surface area contributed by atoms with Crippen molar-refractivity contribution in [3.8, 4) is 34.5 Å². The van der Waals surface area contributed by atoms with Crippen molar-refractivity contribution in [2.24, 2.45) is 0 Å². The van der Waals surface area contributed by atoms with Gasteiger partial charge in [0.25, 0.3) is 0 Å². The third-order valence-electron chi connectivity index (χ3n) is 10.8. The van der Waals surface area contributed by atoms with Crippen LogP contribution in [0.15, 0.2) is 218 Å². The van der Waals surface area contributed by atoms with Gasteiger partial charge in [0.05, 0.1) is 7.11 Å². The topological polar surface area (TPSA) is 112 Å². The lowest BCUT2D eigenvalue weighted by molar-refractivity contribution is -0.131. The first-order valence-corrected chi connectivity index (χ1v) is 20.6. The zero-order valence-corrected chi connectivity index (χ0v) is 36.1. The molecule has 322 valence electrons. The molecule has 0 aliphatic heterocycles. The number of carbonyl (C=O) groups is 2. The number of rotatable bonds is 10. The van der Waals surface area contributed by atoms with Crippen LogP contribution in [0.3, 0.4) is 0 Å². The Morgan fingerprint density at radius 1 is 0.359 bits per heavy atom. The fraction of sp³-hybridized carbons (Fsp3) is 0.107. The minimum atomic E-state index is -0.739. The fourth-order valence-corrected chi connectivity index (χ4v) is 7.27. The Morgan fingerprint density at radius 2 is 0.625 bits per heavy atom. The van der Waals surface area contributed by atoms with Gasteiger partial charge in [-0.3, -0.25) is 4.79 Å². The Hall–Kier alpha value is -8.10. The quantitative estimate of drug-likeness (QED) is 0.0606. The molecule has 0 amide bonds. The van der Waals surface area contributed by atoms with Crippen molar-refractivity contribution < 1.29 is 38.7 Å². The molecule has 0 bridgehead atoms. The summed E-state index contributed by atoms with van der Waals surface area (Å²) >= 11 is 0. The Labute approximate surface area is 374 Å². The van der Waals surface area contributed by atoms with Crippen molar-refractivity contribution in [3.63, 3.8) is 0 Å². The van der Waals surface area contributed by atoms with Crippen LogP contribution in [0, 0.1) is 0 Å². The van der Waals surface area contributed by atoms with Gasteiger partial charge in [0.15, 0.2) is 0 Å². The molecule has 2 N–H and O–H groups in total. The highest BCUT2D eigenvalue weighted by molar-refractivity contribution is 5.69. The van der Waals surface area contributed by atoms with Gasteiger partial charge in [-0.05, 0) is 120 Å². The summed E-state index contributed by atoms with van der Waals surface area (Å²) in [4.78, 5) is 22.5. The second-order valence-corrected chi connectivity index (χ2v) is 15.0. The van der Waals surface area contributed by atoms with Crippen molar-refractivity contribution in [3.05, 3.63) is 252 Å². The van der Waals surface area contributed by atoms with Gasteiger partial charge in [-0.15, -0.1) is 0 Å². The maximum Gasteiger partial charge on any atom is 0.519 e. The molecule has 0 aromatic heterocycles. The number of benzene rings is 8. The maximum atomic E-state index is 11.3. The van der Waals surface area contributed by atoms with Gasteiger partial charge in [0, 0.05) is 17.8 Å². The minimum Gasteiger partial charge on any atom is -0.508 e. The minimum absolute atomic E-state index is 0.255. The second-order valence-electron chi connectivity index (χ2n) is 15.0. The standard InChI is InChI=1S/C23H22O3.C20H18O2.C13H10O3/c1-17(24)26-22-15-11-20(12-16-22)23(2,18-7-5-4-6-8-18)19-9-13-21(25-3)14-10-19;1-20(15-5-3-2-4-6-15,16-7-11-18(21)12-8-16)17-9-13-19(22)14-10-17;14-13(15-11-7-3-1-4-8-11)16-12-9-5-2-6-10-12/h4-16H,1-3H3;2-14,21-22H,1H3;1-10H. The van der Waals surface area contributed by atoms with Crippen LogP contribution in [0.5, 0.6) is 34.5 Å². The summed E-state index contributed by atoms with van der Waals surface area (Å²) in [5.74, 6) is 2.49. The van der Waals surface area contributed by atoms with E-state index in [1.165, 1.54) is 12.5 Å². The molecule has 0 aliphatic rings. The number of carbonyl (C=O) groups excluding carboxylic acids is 2. The predicted molar refractivity (Wildman–Crippen MR) is 250 cm³/mol. The van der Waals surface area contributed by atoms with Crippen molar-refractivity contribution >= 4 is 12.1 Å². The lowest BCUT2D eigenvalue weighted by Crippen LogP contribution is -2.25. The number of ether oxygens (including phenoxy) is 4. The van der Waals surface area contributed by atoms with Crippen LogP contribution in [-0.2, 0) is 15.6 Å². The predicted octanol–water partition coefficient (Wildman–Crippen LogP) is 12.7. The monoisotopic (exact) mass is 850 g/mol. The Bertz CT molecular complexity index is 2560. The highest BCUT2D eigenvalue weighted by atomic mass is 16.7. The van der Waals surface area contributed by atoms with Crippen molar-refractivity contribution in [1.29, 1.82) is 0 Å². The normalized spacial score (nSPS) is 11.5. The van der Waals surface area contributed by atoms with E-state index in [9.17, 15) is 19.8 Å². The van der Waals surface area contributed by atoms with Gasteiger partial charge < -0.3 is 29.2 Å².